The third-order valence-corrected chi connectivity index (χ3v) is 3.87. The van der Waals surface area contributed by atoms with Crippen molar-refractivity contribution in [3.05, 3.63) is 33.8 Å². The second kappa shape index (κ2) is 8.81. The SMILES string of the molecule is CCCNCc1ccc(COCCC(C)(C)C)c(Br)c1. The van der Waals surface area contributed by atoms with Gasteiger partial charge in [-0.1, -0.05) is 55.8 Å². The predicted molar refractivity (Wildman–Crippen MR) is 89.9 cm³/mol. The van der Waals surface area contributed by atoms with Gasteiger partial charge in [0.15, 0.2) is 0 Å². The van der Waals surface area contributed by atoms with Crippen LogP contribution in [-0.2, 0) is 17.9 Å². The molecule has 0 aromatic heterocycles. The van der Waals surface area contributed by atoms with E-state index >= 15 is 0 Å². The van der Waals surface area contributed by atoms with E-state index in [0.717, 1.165) is 30.6 Å². The standard InChI is InChI=1S/C17H28BrNO/c1-5-9-19-12-14-6-7-15(16(18)11-14)13-20-10-8-17(2,3)4/h6-7,11,19H,5,8-10,12-13H2,1-4H3. The van der Waals surface area contributed by atoms with Gasteiger partial charge in [0, 0.05) is 17.6 Å². The molecule has 0 aliphatic heterocycles. The van der Waals surface area contributed by atoms with Gasteiger partial charge < -0.3 is 10.1 Å². The van der Waals surface area contributed by atoms with Gasteiger partial charge in [0.05, 0.1) is 6.61 Å². The van der Waals surface area contributed by atoms with Crippen LogP contribution in [0.25, 0.3) is 0 Å². The van der Waals surface area contributed by atoms with Crippen LogP contribution in [0.5, 0.6) is 0 Å². The molecule has 0 saturated heterocycles. The first-order valence-corrected chi connectivity index (χ1v) is 8.27. The molecule has 3 heteroatoms. The zero-order valence-corrected chi connectivity index (χ0v) is 14.8. The molecule has 0 atom stereocenters. The molecule has 0 spiro atoms. The summed E-state index contributed by atoms with van der Waals surface area (Å²) >= 11 is 3.64. The Hall–Kier alpha value is -0.380. The monoisotopic (exact) mass is 341 g/mol. The summed E-state index contributed by atoms with van der Waals surface area (Å²) in [5.41, 5.74) is 2.87. The Morgan fingerprint density at radius 3 is 2.60 bits per heavy atom. The zero-order chi connectivity index (χ0) is 15.0. The van der Waals surface area contributed by atoms with Crippen LogP contribution in [-0.4, -0.2) is 13.2 Å². The van der Waals surface area contributed by atoms with E-state index in [1.165, 1.54) is 17.5 Å². The highest BCUT2D eigenvalue weighted by Gasteiger charge is 2.09. The quantitative estimate of drug-likeness (QED) is 0.679. The Balaban J connectivity index is 2.39. The van der Waals surface area contributed by atoms with Gasteiger partial charge in [0.2, 0.25) is 0 Å². The van der Waals surface area contributed by atoms with Gasteiger partial charge in [-0.25, -0.2) is 0 Å². The molecule has 0 aliphatic carbocycles. The van der Waals surface area contributed by atoms with E-state index in [0.29, 0.717) is 12.0 Å². The van der Waals surface area contributed by atoms with Crippen LogP contribution < -0.4 is 5.32 Å². The van der Waals surface area contributed by atoms with E-state index in [2.05, 4.69) is 67.1 Å². The Morgan fingerprint density at radius 2 is 2.00 bits per heavy atom. The van der Waals surface area contributed by atoms with E-state index in [1.807, 2.05) is 0 Å². The highest BCUT2D eigenvalue weighted by Crippen LogP contribution is 2.21. The number of rotatable bonds is 8. The van der Waals surface area contributed by atoms with Gasteiger partial charge in [-0.15, -0.1) is 0 Å². The van der Waals surface area contributed by atoms with Crippen molar-refractivity contribution >= 4 is 15.9 Å². The maximum Gasteiger partial charge on any atom is 0.0727 e. The van der Waals surface area contributed by atoms with Crippen LogP contribution in [0, 0.1) is 5.41 Å². The molecular formula is C17H28BrNO. The van der Waals surface area contributed by atoms with Crippen LogP contribution in [0.2, 0.25) is 0 Å². The normalized spacial score (nSPS) is 11.8. The van der Waals surface area contributed by atoms with Gasteiger partial charge in [-0.3, -0.25) is 0 Å². The third-order valence-electron chi connectivity index (χ3n) is 3.13. The summed E-state index contributed by atoms with van der Waals surface area (Å²) < 4.78 is 6.91. The Labute approximate surface area is 132 Å². The number of ether oxygens (including phenoxy) is 1. The van der Waals surface area contributed by atoms with E-state index < -0.39 is 0 Å². The second-order valence-electron chi connectivity index (χ2n) is 6.47. The fourth-order valence-electron chi connectivity index (χ4n) is 1.79. The smallest absolute Gasteiger partial charge is 0.0727 e. The minimum Gasteiger partial charge on any atom is -0.377 e. The topological polar surface area (TPSA) is 21.3 Å². The van der Waals surface area contributed by atoms with Gasteiger partial charge in [0.25, 0.3) is 0 Å². The Morgan fingerprint density at radius 1 is 1.25 bits per heavy atom. The summed E-state index contributed by atoms with van der Waals surface area (Å²) in [6.45, 7) is 12.4. The zero-order valence-electron chi connectivity index (χ0n) is 13.3. The molecule has 0 saturated carbocycles. The molecule has 114 valence electrons. The number of halogens is 1. The van der Waals surface area contributed by atoms with Crippen molar-refractivity contribution in [1.82, 2.24) is 5.32 Å². The molecule has 1 N–H and O–H groups in total. The van der Waals surface area contributed by atoms with Crippen molar-refractivity contribution in [2.45, 2.75) is 53.7 Å². The number of hydrogen-bond acceptors (Lipinski definition) is 2. The molecular weight excluding hydrogens is 314 g/mol. The summed E-state index contributed by atoms with van der Waals surface area (Å²) in [4.78, 5) is 0. The summed E-state index contributed by atoms with van der Waals surface area (Å²) in [7, 11) is 0. The van der Waals surface area contributed by atoms with Gasteiger partial charge >= 0.3 is 0 Å². The van der Waals surface area contributed by atoms with Crippen molar-refractivity contribution in [1.29, 1.82) is 0 Å². The van der Waals surface area contributed by atoms with E-state index in [4.69, 9.17) is 4.74 Å². The van der Waals surface area contributed by atoms with Crippen LogP contribution in [0.15, 0.2) is 22.7 Å². The third kappa shape index (κ3) is 7.41. The van der Waals surface area contributed by atoms with Gasteiger partial charge in [-0.2, -0.15) is 0 Å². The van der Waals surface area contributed by atoms with Crippen molar-refractivity contribution in [3.8, 4) is 0 Å². The molecule has 20 heavy (non-hydrogen) atoms. The first-order chi connectivity index (χ1) is 9.42. The largest absolute Gasteiger partial charge is 0.377 e. The fraction of sp³-hybridized carbons (Fsp3) is 0.647. The lowest BCUT2D eigenvalue weighted by Gasteiger charge is -2.18. The Bertz CT molecular complexity index is 398. The fourth-order valence-corrected chi connectivity index (χ4v) is 2.33. The first kappa shape index (κ1) is 17.7. The van der Waals surface area contributed by atoms with Crippen molar-refractivity contribution in [2.75, 3.05) is 13.2 Å². The lowest BCUT2D eigenvalue weighted by atomic mass is 9.93. The lowest BCUT2D eigenvalue weighted by Crippen LogP contribution is -2.13. The summed E-state index contributed by atoms with van der Waals surface area (Å²) in [6.07, 6.45) is 2.25. The van der Waals surface area contributed by atoms with Crippen molar-refractivity contribution in [2.24, 2.45) is 5.41 Å². The average Bonchev–Trinajstić information content (AvgIpc) is 2.36. The number of hydrogen-bond donors (Lipinski definition) is 1. The minimum absolute atomic E-state index is 0.339. The number of benzene rings is 1. The van der Waals surface area contributed by atoms with Crippen LogP contribution in [0.4, 0.5) is 0 Å². The van der Waals surface area contributed by atoms with Crippen LogP contribution in [0.3, 0.4) is 0 Å². The van der Waals surface area contributed by atoms with Gasteiger partial charge in [0.1, 0.15) is 0 Å². The predicted octanol–water partition coefficient (Wildman–Crippen LogP) is 4.90. The molecule has 0 fully saturated rings. The minimum atomic E-state index is 0.339. The van der Waals surface area contributed by atoms with Crippen molar-refractivity contribution in [3.63, 3.8) is 0 Å². The van der Waals surface area contributed by atoms with Gasteiger partial charge in [-0.05, 0) is 42.0 Å². The molecule has 0 amide bonds. The maximum absolute atomic E-state index is 5.77. The molecule has 0 bridgehead atoms. The van der Waals surface area contributed by atoms with E-state index in [-0.39, 0.29) is 0 Å². The molecule has 2 nitrogen and oxygen atoms in total. The van der Waals surface area contributed by atoms with Crippen LogP contribution >= 0.6 is 15.9 Å². The highest BCUT2D eigenvalue weighted by atomic mass is 79.9. The molecule has 0 radical (unpaired) electrons. The van der Waals surface area contributed by atoms with E-state index in [1.54, 1.807) is 0 Å². The molecule has 0 unspecified atom stereocenters. The number of nitrogens with one attached hydrogen (secondary N) is 1. The Kier molecular flexibility index (Phi) is 7.78. The average molecular weight is 342 g/mol. The molecule has 1 aromatic rings. The molecule has 0 aliphatic rings. The van der Waals surface area contributed by atoms with Crippen molar-refractivity contribution < 1.29 is 4.74 Å². The highest BCUT2D eigenvalue weighted by molar-refractivity contribution is 9.10. The maximum atomic E-state index is 5.77. The summed E-state index contributed by atoms with van der Waals surface area (Å²) in [5, 5.41) is 3.41. The molecule has 0 heterocycles. The molecule has 1 aromatic carbocycles. The van der Waals surface area contributed by atoms with E-state index in [9.17, 15) is 0 Å². The summed E-state index contributed by atoms with van der Waals surface area (Å²) in [5.74, 6) is 0. The van der Waals surface area contributed by atoms with Crippen LogP contribution in [0.1, 0.15) is 51.7 Å². The molecule has 1 rings (SSSR count). The summed E-state index contributed by atoms with van der Waals surface area (Å²) in [6, 6.07) is 6.52. The second-order valence-corrected chi connectivity index (χ2v) is 7.32. The first-order valence-electron chi connectivity index (χ1n) is 7.48. The lowest BCUT2D eigenvalue weighted by molar-refractivity contribution is 0.0959.